The van der Waals surface area contributed by atoms with Gasteiger partial charge >= 0.3 is 0 Å². The predicted molar refractivity (Wildman–Crippen MR) is 117 cm³/mol. The van der Waals surface area contributed by atoms with E-state index in [1.54, 1.807) is 30.2 Å². The van der Waals surface area contributed by atoms with Crippen LogP contribution < -0.4 is 14.4 Å². The fourth-order valence-corrected chi connectivity index (χ4v) is 3.38. The van der Waals surface area contributed by atoms with E-state index in [9.17, 15) is 14.9 Å². The average molecular weight is 426 g/mol. The number of carbonyl (C=O) groups is 1. The van der Waals surface area contributed by atoms with Crippen LogP contribution in [0.4, 0.5) is 11.5 Å². The van der Waals surface area contributed by atoms with E-state index < -0.39 is 4.92 Å². The van der Waals surface area contributed by atoms with Crippen LogP contribution in [0, 0.1) is 10.1 Å². The number of pyridine rings is 1. The minimum atomic E-state index is -0.466. The molecule has 1 amide bonds. The molecule has 9 heteroatoms. The van der Waals surface area contributed by atoms with E-state index >= 15 is 0 Å². The van der Waals surface area contributed by atoms with E-state index in [1.807, 2.05) is 30.0 Å². The summed E-state index contributed by atoms with van der Waals surface area (Å²) in [5.41, 5.74) is 0.812. The molecule has 0 radical (unpaired) electrons. The molecule has 0 spiro atoms. The molecule has 0 N–H and O–H groups in total. The molecule has 1 aliphatic rings. The summed E-state index contributed by atoms with van der Waals surface area (Å²) in [6.07, 6.45) is 5.38. The Morgan fingerprint density at radius 3 is 2.71 bits per heavy atom. The molecule has 2 aromatic rings. The average Bonchev–Trinajstić information content (AvgIpc) is 3.05. The van der Waals surface area contributed by atoms with Crippen molar-refractivity contribution >= 4 is 23.5 Å². The van der Waals surface area contributed by atoms with Crippen molar-refractivity contribution in [1.29, 1.82) is 0 Å². The molecule has 1 aliphatic heterocycles. The fraction of sp³-hybridized carbons (Fsp3) is 0.364. The molecule has 0 bridgehead atoms. The van der Waals surface area contributed by atoms with Crippen LogP contribution in [0.15, 0.2) is 42.6 Å². The summed E-state index contributed by atoms with van der Waals surface area (Å²) in [6.45, 7) is 4.99. The highest BCUT2D eigenvalue weighted by molar-refractivity contribution is 5.92. The second-order valence-corrected chi connectivity index (χ2v) is 6.97. The predicted octanol–water partition coefficient (Wildman–Crippen LogP) is 3.15. The summed E-state index contributed by atoms with van der Waals surface area (Å²) >= 11 is 0. The molecule has 0 saturated carbocycles. The molecule has 0 atom stereocenters. The molecule has 1 fully saturated rings. The maximum atomic E-state index is 12.7. The number of aromatic nitrogens is 1. The van der Waals surface area contributed by atoms with Crippen molar-refractivity contribution in [2.45, 2.75) is 13.3 Å². The topological polar surface area (TPSA) is 98.0 Å². The molecule has 2 heterocycles. The Labute approximate surface area is 181 Å². The molecule has 3 rings (SSSR count). The van der Waals surface area contributed by atoms with E-state index in [0.29, 0.717) is 43.6 Å². The molecule has 31 heavy (non-hydrogen) atoms. The monoisotopic (exact) mass is 426 g/mol. The second kappa shape index (κ2) is 10.4. The Kier molecular flexibility index (Phi) is 7.42. The summed E-state index contributed by atoms with van der Waals surface area (Å²) in [5, 5.41) is 10.8. The first-order chi connectivity index (χ1) is 15.0. The van der Waals surface area contributed by atoms with Crippen LogP contribution in [-0.2, 0) is 4.79 Å². The second-order valence-electron chi connectivity index (χ2n) is 6.97. The lowest BCUT2D eigenvalue weighted by Crippen LogP contribution is -2.34. The van der Waals surface area contributed by atoms with Gasteiger partial charge in [0.2, 0.25) is 5.91 Å². The number of amides is 1. The molecular weight excluding hydrogens is 400 g/mol. The normalized spacial score (nSPS) is 14.4. The van der Waals surface area contributed by atoms with E-state index in [1.165, 1.54) is 12.3 Å². The van der Waals surface area contributed by atoms with Crippen LogP contribution in [0.1, 0.15) is 18.9 Å². The Bertz CT molecular complexity index is 945. The van der Waals surface area contributed by atoms with Crippen molar-refractivity contribution in [3.63, 3.8) is 0 Å². The first-order valence-corrected chi connectivity index (χ1v) is 10.1. The van der Waals surface area contributed by atoms with Crippen molar-refractivity contribution in [2.24, 2.45) is 0 Å². The van der Waals surface area contributed by atoms with Gasteiger partial charge in [-0.2, -0.15) is 0 Å². The van der Waals surface area contributed by atoms with Gasteiger partial charge in [-0.25, -0.2) is 4.98 Å². The Balaban J connectivity index is 1.61. The first kappa shape index (κ1) is 22.1. The van der Waals surface area contributed by atoms with Gasteiger partial charge in [-0.05, 0) is 43.2 Å². The standard InChI is InChI=1S/C22H26N4O5/c1-3-31-19-8-5-17(15-20(19)30-2)6-10-22(27)25-12-4-11-24(13-14-25)21-9-7-18(16-23-21)26(28)29/h5-10,15-16H,3-4,11-14H2,1-2H3/b10-6+. The largest absolute Gasteiger partial charge is 0.493 e. The number of nitrogens with zero attached hydrogens (tertiary/aromatic N) is 4. The summed E-state index contributed by atoms with van der Waals surface area (Å²) in [7, 11) is 1.58. The van der Waals surface area contributed by atoms with Crippen molar-refractivity contribution in [3.8, 4) is 11.5 Å². The highest BCUT2D eigenvalue weighted by Gasteiger charge is 2.19. The number of rotatable bonds is 7. The number of carbonyl (C=O) groups excluding carboxylic acids is 1. The van der Waals surface area contributed by atoms with Crippen LogP contribution in [0.25, 0.3) is 6.08 Å². The summed E-state index contributed by atoms with van der Waals surface area (Å²) in [4.78, 5) is 31.0. The molecule has 9 nitrogen and oxygen atoms in total. The quantitative estimate of drug-likeness (QED) is 0.381. The van der Waals surface area contributed by atoms with Crippen LogP contribution in [-0.4, -0.2) is 60.6 Å². The van der Waals surface area contributed by atoms with Crippen molar-refractivity contribution in [3.05, 3.63) is 58.3 Å². The lowest BCUT2D eigenvalue weighted by Gasteiger charge is -2.22. The number of anilines is 1. The Morgan fingerprint density at radius 2 is 2.03 bits per heavy atom. The molecule has 0 aliphatic carbocycles. The number of hydrogen-bond donors (Lipinski definition) is 0. The van der Waals surface area contributed by atoms with Gasteiger partial charge in [-0.3, -0.25) is 14.9 Å². The smallest absolute Gasteiger partial charge is 0.287 e. The number of benzene rings is 1. The lowest BCUT2D eigenvalue weighted by atomic mass is 10.2. The molecular formula is C22H26N4O5. The first-order valence-electron chi connectivity index (χ1n) is 10.1. The number of ether oxygens (including phenoxy) is 2. The molecule has 1 saturated heterocycles. The maximum absolute atomic E-state index is 12.7. The van der Waals surface area contributed by atoms with Crippen LogP contribution in [0.2, 0.25) is 0 Å². The number of nitro groups is 1. The SMILES string of the molecule is CCOc1ccc(/C=C/C(=O)N2CCCN(c3ccc([N+](=O)[O-])cn3)CC2)cc1OC. The Hall–Kier alpha value is -3.62. The fourth-order valence-electron chi connectivity index (χ4n) is 3.38. The van der Waals surface area contributed by atoms with Crippen LogP contribution >= 0.6 is 0 Å². The van der Waals surface area contributed by atoms with E-state index in [0.717, 1.165) is 18.5 Å². The third-order valence-corrected chi connectivity index (χ3v) is 4.98. The molecule has 1 aromatic heterocycles. The molecule has 0 unspecified atom stereocenters. The summed E-state index contributed by atoms with van der Waals surface area (Å²) in [6, 6.07) is 8.63. The van der Waals surface area contributed by atoms with Gasteiger partial charge in [0.05, 0.1) is 18.6 Å². The van der Waals surface area contributed by atoms with Gasteiger partial charge in [0.1, 0.15) is 12.0 Å². The van der Waals surface area contributed by atoms with Gasteiger partial charge in [0.25, 0.3) is 5.69 Å². The van der Waals surface area contributed by atoms with Crippen molar-refractivity contribution in [2.75, 3.05) is 44.8 Å². The van der Waals surface area contributed by atoms with Crippen LogP contribution in [0.3, 0.4) is 0 Å². The number of hydrogen-bond acceptors (Lipinski definition) is 7. The number of methoxy groups -OCH3 is 1. The van der Waals surface area contributed by atoms with Crippen molar-refractivity contribution < 1.29 is 19.2 Å². The van der Waals surface area contributed by atoms with E-state index in [-0.39, 0.29) is 11.6 Å². The minimum Gasteiger partial charge on any atom is -0.493 e. The van der Waals surface area contributed by atoms with Gasteiger partial charge < -0.3 is 19.3 Å². The lowest BCUT2D eigenvalue weighted by molar-refractivity contribution is -0.385. The Morgan fingerprint density at radius 1 is 1.19 bits per heavy atom. The third kappa shape index (κ3) is 5.71. The van der Waals surface area contributed by atoms with Crippen LogP contribution in [0.5, 0.6) is 11.5 Å². The van der Waals surface area contributed by atoms with Gasteiger partial charge in [-0.1, -0.05) is 6.07 Å². The van der Waals surface area contributed by atoms with Gasteiger partial charge in [-0.15, -0.1) is 0 Å². The van der Waals surface area contributed by atoms with Gasteiger partial charge in [0.15, 0.2) is 11.5 Å². The van der Waals surface area contributed by atoms with E-state index in [2.05, 4.69) is 4.98 Å². The maximum Gasteiger partial charge on any atom is 0.287 e. The zero-order valence-corrected chi connectivity index (χ0v) is 17.7. The molecule has 1 aromatic carbocycles. The highest BCUT2D eigenvalue weighted by Crippen LogP contribution is 2.28. The van der Waals surface area contributed by atoms with E-state index in [4.69, 9.17) is 9.47 Å². The highest BCUT2D eigenvalue weighted by atomic mass is 16.6. The van der Waals surface area contributed by atoms with Crippen molar-refractivity contribution in [1.82, 2.24) is 9.88 Å². The zero-order valence-electron chi connectivity index (χ0n) is 17.7. The van der Waals surface area contributed by atoms with Gasteiger partial charge in [0, 0.05) is 38.3 Å². The third-order valence-electron chi connectivity index (χ3n) is 4.98. The summed E-state index contributed by atoms with van der Waals surface area (Å²) in [5.74, 6) is 1.90. The molecule has 164 valence electrons. The minimum absolute atomic E-state index is 0.0357. The zero-order chi connectivity index (χ0) is 22.2. The summed E-state index contributed by atoms with van der Waals surface area (Å²) < 4.78 is 10.9.